The smallest absolute Gasteiger partial charge is 0.251 e. The van der Waals surface area contributed by atoms with Crippen molar-refractivity contribution in [1.29, 1.82) is 0 Å². The maximum absolute atomic E-state index is 12.1. The first kappa shape index (κ1) is 22.8. The molecule has 2 rings (SSSR count). The summed E-state index contributed by atoms with van der Waals surface area (Å²) in [7, 11) is -2.08. The van der Waals surface area contributed by atoms with E-state index < -0.39 is 10.0 Å². The Bertz CT molecular complexity index is 649. The van der Waals surface area contributed by atoms with Gasteiger partial charge in [-0.3, -0.25) is 9.69 Å². The van der Waals surface area contributed by atoms with Gasteiger partial charge in [0.2, 0.25) is 10.0 Å². The van der Waals surface area contributed by atoms with Crippen LogP contribution >= 0.6 is 12.4 Å². The van der Waals surface area contributed by atoms with E-state index in [1.54, 1.807) is 0 Å². The Balaban J connectivity index is 0.00000338. The van der Waals surface area contributed by atoms with Crippen molar-refractivity contribution in [2.24, 2.45) is 0 Å². The molecule has 1 aromatic carbocycles. The minimum absolute atomic E-state index is 0. The van der Waals surface area contributed by atoms with Crippen molar-refractivity contribution >= 4 is 28.3 Å². The third-order valence-corrected chi connectivity index (χ3v) is 5.43. The highest BCUT2D eigenvalue weighted by atomic mass is 35.5. The van der Waals surface area contributed by atoms with Crippen LogP contribution in [-0.2, 0) is 14.8 Å². The summed E-state index contributed by atoms with van der Waals surface area (Å²) in [5.74, 6) is -0.202. The molecule has 0 spiro atoms. The molecule has 0 aromatic heterocycles. The van der Waals surface area contributed by atoms with E-state index in [2.05, 4.69) is 20.3 Å². The van der Waals surface area contributed by atoms with Crippen LogP contribution in [0.25, 0.3) is 0 Å². The summed E-state index contributed by atoms with van der Waals surface area (Å²) >= 11 is 0. The lowest BCUT2D eigenvalue weighted by atomic mass is 10.2. The van der Waals surface area contributed by atoms with Crippen molar-refractivity contribution in [2.45, 2.75) is 4.90 Å². The second-order valence-corrected chi connectivity index (χ2v) is 7.53. The topological polar surface area (TPSA) is 99.8 Å². The third-order valence-electron chi connectivity index (χ3n) is 3.95. The minimum atomic E-state index is -3.58. The van der Waals surface area contributed by atoms with Crippen molar-refractivity contribution in [3.05, 3.63) is 29.8 Å². The van der Waals surface area contributed by atoms with Gasteiger partial charge in [0.25, 0.3) is 5.91 Å². The van der Waals surface area contributed by atoms with Crippen LogP contribution in [0.3, 0.4) is 0 Å². The number of hydrogen-bond donors (Lipinski definition) is 3. The van der Waals surface area contributed by atoms with Gasteiger partial charge in [0, 0.05) is 58.5 Å². The van der Waals surface area contributed by atoms with Crippen LogP contribution in [0.15, 0.2) is 29.2 Å². The van der Waals surface area contributed by atoms with Gasteiger partial charge in [-0.05, 0) is 24.3 Å². The molecule has 8 nitrogen and oxygen atoms in total. The van der Waals surface area contributed by atoms with Crippen LogP contribution in [-0.4, -0.2) is 78.8 Å². The summed E-state index contributed by atoms with van der Waals surface area (Å²) < 4.78 is 31.4. The zero-order valence-corrected chi connectivity index (χ0v) is 16.5. The lowest BCUT2D eigenvalue weighted by molar-refractivity contribution is 0.0947. The minimum Gasteiger partial charge on any atom is -0.383 e. The summed E-state index contributed by atoms with van der Waals surface area (Å²) in [6.07, 6.45) is 0. The number of carbonyl (C=O) groups is 1. The third kappa shape index (κ3) is 7.18. The molecule has 1 aliphatic heterocycles. The Labute approximate surface area is 161 Å². The Kier molecular flexibility index (Phi) is 10.1. The molecule has 3 N–H and O–H groups in total. The van der Waals surface area contributed by atoms with Gasteiger partial charge >= 0.3 is 0 Å². The molecule has 0 aliphatic carbocycles. The highest BCUT2D eigenvalue weighted by molar-refractivity contribution is 7.89. The van der Waals surface area contributed by atoms with E-state index in [0.29, 0.717) is 18.7 Å². The molecule has 148 valence electrons. The fraction of sp³-hybridized carbons (Fsp3) is 0.562. The van der Waals surface area contributed by atoms with Crippen LogP contribution in [0.5, 0.6) is 0 Å². The predicted molar refractivity (Wildman–Crippen MR) is 102 cm³/mol. The first-order valence-corrected chi connectivity index (χ1v) is 9.81. The van der Waals surface area contributed by atoms with Gasteiger partial charge in [-0.15, -0.1) is 12.4 Å². The van der Waals surface area contributed by atoms with E-state index in [-0.39, 0.29) is 29.8 Å². The standard InChI is InChI=1S/C16H26N4O4S.ClH/c1-24-13-9-19-25(22,23)15-4-2-14(3-5-15)16(21)18-8-12-20-10-6-17-7-11-20;/h2-5,17,19H,6-13H2,1H3,(H,18,21);1H. The maximum Gasteiger partial charge on any atom is 0.251 e. The number of nitrogens with one attached hydrogen (secondary N) is 3. The largest absolute Gasteiger partial charge is 0.383 e. The van der Waals surface area contributed by atoms with Gasteiger partial charge in [-0.25, -0.2) is 13.1 Å². The van der Waals surface area contributed by atoms with Crippen molar-refractivity contribution in [3.63, 3.8) is 0 Å². The van der Waals surface area contributed by atoms with Gasteiger partial charge in [-0.2, -0.15) is 0 Å². The lowest BCUT2D eigenvalue weighted by Gasteiger charge is -2.27. The van der Waals surface area contributed by atoms with Gasteiger partial charge in [0.05, 0.1) is 11.5 Å². The summed E-state index contributed by atoms with van der Waals surface area (Å²) in [6.45, 7) is 5.79. The molecule has 0 atom stereocenters. The number of rotatable bonds is 9. The average Bonchev–Trinajstić information content (AvgIpc) is 2.63. The van der Waals surface area contributed by atoms with E-state index in [9.17, 15) is 13.2 Å². The van der Waals surface area contributed by atoms with Gasteiger partial charge in [0.15, 0.2) is 0 Å². The first-order chi connectivity index (χ1) is 12.0. The molecule has 0 bridgehead atoms. The van der Waals surface area contributed by atoms with E-state index in [4.69, 9.17) is 4.74 Å². The number of sulfonamides is 1. The number of halogens is 1. The van der Waals surface area contributed by atoms with E-state index in [1.807, 2.05) is 0 Å². The summed E-state index contributed by atoms with van der Waals surface area (Å²) in [5, 5.41) is 6.15. The summed E-state index contributed by atoms with van der Waals surface area (Å²) in [5.41, 5.74) is 0.441. The highest BCUT2D eigenvalue weighted by Gasteiger charge is 2.15. The molecule has 0 unspecified atom stereocenters. The molecule has 10 heteroatoms. The molecule has 1 heterocycles. The number of benzene rings is 1. The molecular weight excluding hydrogens is 380 g/mol. The Morgan fingerprint density at radius 2 is 1.85 bits per heavy atom. The summed E-state index contributed by atoms with van der Waals surface area (Å²) in [6, 6.07) is 5.90. The van der Waals surface area contributed by atoms with Crippen LogP contribution < -0.4 is 15.4 Å². The van der Waals surface area contributed by atoms with E-state index >= 15 is 0 Å². The maximum atomic E-state index is 12.1. The van der Waals surface area contributed by atoms with Crippen LogP contribution in [0.1, 0.15) is 10.4 Å². The average molecular weight is 407 g/mol. The molecule has 26 heavy (non-hydrogen) atoms. The van der Waals surface area contributed by atoms with E-state index in [0.717, 1.165) is 32.7 Å². The zero-order valence-electron chi connectivity index (χ0n) is 14.9. The highest BCUT2D eigenvalue weighted by Crippen LogP contribution is 2.10. The van der Waals surface area contributed by atoms with Crippen molar-refractivity contribution in [2.75, 3.05) is 59.5 Å². The molecule has 1 aromatic rings. The molecular formula is C16H27ClN4O4S. The van der Waals surface area contributed by atoms with Crippen LogP contribution in [0.4, 0.5) is 0 Å². The second-order valence-electron chi connectivity index (χ2n) is 5.76. The number of hydrogen-bond acceptors (Lipinski definition) is 6. The molecule has 0 saturated carbocycles. The van der Waals surface area contributed by atoms with Gasteiger partial charge in [-0.1, -0.05) is 0 Å². The Hall–Kier alpha value is -1.23. The van der Waals surface area contributed by atoms with Crippen molar-refractivity contribution in [1.82, 2.24) is 20.3 Å². The number of nitrogens with zero attached hydrogens (tertiary/aromatic N) is 1. The molecule has 1 aliphatic rings. The van der Waals surface area contributed by atoms with Crippen LogP contribution in [0.2, 0.25) is 0 Å². The van der Waals surface area contributed by atoms with Crippen LogP contribution in [0, 0.1) is 0 Å². The molecule has 1 amide bonds. The zero-order chi connectivity index (χ0) is 18.1. The number of ether oxygens (including phenoxy) is 1. The molecule has 1 saturated heterocycles. The van der Waals surface area contributed by atoms with Gasteiger partial charge < -0.3 is 15.4 Å². The van der Waals surface area contributed by atoms with E-state index in [1.165, 1.54) is 31.4 Å². The quantitative estimate of drug-likeness (QED) is 0.485. The Morgan fingerprint density at radius 1 is 1.19 bits per heavy atom. The van der Waals surface area contributed by atoms with Gasteiger partial charge in [0.1, 0.15) is 0 Å². The van der Waals surface area contributed by atoms with Crippen molar-refractivity contribution in [3.8, 4) is 0 Å². The lowest BCUT2D eigenvalue weighted by Crippen LogP contribution is -2.46. The fourth-order valence-electron chi connectivity index (χ4n) is 2.51. The molecule has 0 radical (unpaired) electrons. The monoisotopic (exact) mass is 406 g/mol. The SMILES string of the molecule is COCCNS(=O)(=O)c1ccc(C(=O)NCCN2CCNCC2)cc1.Cl. The fourth-order valence-corrected chi connectivity index (χ4v) is 3.52. The normalized spacial score (nSPS) is 15.3. The predicted octanol–water partition coefficient (Wildman–Crippen LogP) is -0.332. The van der Waals surface area contributed by atoms with Crippen molar-refractivity contribution < 1.29 is 17.9 Å². The number of amides is 1. The molecule has 1 fully saturated rings. The summed E-state index contributed by atoms with van der Waals surface area (Å²) in [4.78, 5) is 14.6. The first-order valence-electron chi connectivity index (χ1n) is 8.33. The number of piperazine rings is 1. The number of carbonyl (C=O) groups excluding carboxylic acids is 1. The second kappa shape index (κ2) is 11.5. The Morgan fingerprint density at radius 3 is 2.46 bits per heavy atom. The number of methoxy groups -OCH3 is 1.